The van der Waals surface area contributed by atoms with Crippen molar-refractivity contribution in [3.63, 3.8) is 0 Å². The second kappa shape index (κ2) is 8.89. The van der Waals surface area contributed by atoms with E-state index >= 15 is 0 Å². The minimum atomic E-state index is -0.428. The van der Waals surface area contributed by atoms with Gasteiger partial charge in [-0.2, -0.15) is 0 Å². The number of ether oxygens (including phenoxy) is 1. The molecule has 1 amide bonds. The third-order valence-corrected chi connectivity index (χ3v) is 4.11. The molecule has 5 nitrogen and oxygen atoms in total. The summed E-state index contributed by atoms with van der Waals surface area (Å²) in [6.07, 6.45) is 3.41. The molecule has 0 radical (unpaired) electrons. The van der Waals surface area contributed by atoms with Gasteiger partial charge in [0.2, 0.25) is 5.91 Å². The highest BCUT2D eigenvalue weighted by Gasteiger charge is 2.27. The lowest BCUT2D eigenvalue weighted by Gasteiger charge is -2.15. The molecule has 0 aromatic heterocycles. The molecule has 0 aliphatic carbocycles. The first-order chi connectivity index (χ1) is 11.1. The van der Waals surface area contributed by atoms with E-state index in [-0.39, 0.29) is 11.9 Å². The van der Waals surface area contributed by atoms with E-state index < -0.39 is 6.10 Å². The topological polar surface area (TPSA) is 70.6 Å². The van der Waals surface area contributed by atoms with Gasteiger partial charge in [-0.05, 0) is 31.4 Å². The SMILES string of the molecule is CCCCCOc1cc(C)ccc1CNC(=O)C1CC(O)CN1. The summed E-state index contributed by atoms with van der Waals surface area (Å²) < 4.78 is 5.89. The number of nitrogens with one attached hydrogen (secondary N) is 2. The molecule has 1 aliphatic heterocycles. The number of carbonyl (C=O) groups is 1. The van der Waals surface area contributed by atoms with Gasteiger partial charge < -0.3 is 20.5 Å². The minimum absolute atomic E-state index is 0.0703. The van der Waals surface area contributed by atoms with Crippen LogP contribution in [0.25, 0.3) is 0 Å². The highest BCUT2D eigenvalue weighted by atomic mass is 16.5. The summed E-state index contributed by atoms with van der Waals surface area (Å²) in [6.45, 7) is 5.83. The zero-order valence-electron chi connectivity index (χ0n) is 14.1. The normalized spacial score (nSPS) is 20.5. The second-order valence-electron chi connectivity index (χ2n) is 6.23. The van der Waals surface area contributed by atoms with E-state index in [1.54, 1.807) is 0 Å². The van der Waals surface area contributed by atoms with E-state index in [0.29, 0.717) is 26.1 Å². The molecule has 128 valence electrons. The molecule has 0 bridgehead atoms. The predicted molar refractivity (Wildman–Crippen MR) is 90.5 cm³/mol. The minimum Gasteiger partial charge on any atom is -0.493 e. The second-order valence-corrected chi connectivity index (χ2v) is 6.23. The maximum atomic E-state index is 12.1. The average molecular weight is 320 g/mol. The largest absolute Gasteiger partial charge is 0.493 e. The van der Waals surface area contributed by atoms with Crippen molar-refractivity contribution in [3.8, 4) is 5.75 Å². The van der Waals surface area contributed by atoms with E-state index in [9.17, 15) is 9.90 Å². The van der Waals surface area contributed by atoms with Gasteiger partial charge in [0.25, 0.3) is 0 Å². The fourth-order valence-corrected chi connectivity index (χ4v) is 2.70. The lowest BCUT2D eigenvalue weighted by Crippen LogP contribution is -2.40. The molecule has 1 aromatic rings. The summed E-state index contributed by atoms with van der Waals surface area (Å²) in [7, 11) is 0. The number of hydrogen-bond donors (Lipinski definition) is 3. The Balaban J connectivity index is 1.89. The summed E-state index contributed by atoms with van der Waals surface area (Å²) >= 11 is 0. The van der Waals surface area contributed by atoms with Gasteiger partial charge in [-0.15, -0.1) is 0 Å². The molecule has 23 heavy (non-hydrogen) atoms. The average Bonchev–Trinajstić information content (AvgIpc) is 2.97. The highest BCUT2D eigenvalue weighted by Crippen LogP contribution is 2.21. The molecule has 1 aromatic carbocycles. The molecule has 0 spiro atoms. The predicted octanol–water partition coefficient (Wildman–Crippen LogP) is 1.90. The molecule has 2 rings (SSSR count). The number of aliphatic hydroxyl groups is 1. The first kappa shape index (κ1) is 17.8. The van der Waals surface area contributed by atoms with Crippen LogP contribution in [0.15, 0.2) is 18.2 Å². The van der Waals surface area contributed by atoms with Gasteiger partial charge >= 0.3 is 0 Å². The molecular weight excluding hydrogens is 292 g/mol. The monoisotopic (exact) mass is 320 g/mol. The molecular formula is C18H28N2O3. The van der Waals surface area contributed by atoms with Crippen LogP contribution in [0.3, 0.4) is 0 Å². The third kappa shape index (κ3) is 5.52. The van der Waals surface area contributed by atoms with Crippen LogP contribution in [0.5, 0.6) is 5.75 Å². The third-order valence-electron chi connectivity index (χ3n) is 4.11. The van der Waals surface area contributed by atoms with E-state index in [2.05, 4.69) is 17.6 Å². The maximum Gasteiger partial charge on any atom is 0.237 e. The van der Waals surface area contributed by atoms with Gasteiger partial charge in [-0.3, -0.25) is 4.79 Å². The van der Waals surface area contributed by atoms with Gasteiger partial charge in [-0.1, -0.05) is 31.9 Å². The van der Waals surface area contributed by atoms with Crippen molar-refractivity contribution in [1.82, 2.24) is 10.6 Å². The van der Waals surface area contributed by atoms with Crippen molar-refractivity contribution in [2.75, 3.05) is 13.2 Å². The molecule has 1 heterocycles. The Bertz CT molecular complexity index is 519. The van der Waals surface area contributed by atoms with Crippen LogP contribution in [-0.4, -0.2) is 36.3 Å². The Morgan fingerprint density at radius 2 is 2.26 bits per heavy atom. The van der Waals surface area contributed by atoms with Crippen molar-refractivity contribution in [3.05, 3.63) is 29.3 Å². The first-order valence-electron chi connectivity index (χ1n) is 8.51. The van der Waals surface area contributed by atoms with Crippen LogP contribution in [0.4, 0.5) is 0 Å². The number of benzene rings is 1. The van der Waals surface area contributed by atoms with Crippen LogP contribution in [0, 0.1) is 6.92 Å². The van der Waals surface area contributed by atoms with Gasteiger partial charge in [0, 0.05) is 18.7 Å². The molecule has 2 unspecified atom stereocenters. The molecule has 1 fully saturated rings. The lowest BCUT2D eigenvalue weighted by atomic mass is 10.1. The molecule has 1 aliphatic rings. The van der Waals surface area contributed by atoms with Gasteiger partial charge in [0.1, 0.15) is 5.75 Å². The Kier molecular flexibility index (Phi) is 6.86. The number of amides is 1. The molecule has 3 N–H and O–H groups in total. The molecule has 5 heteroatoms. The standard InChI is InChI=1S/C18H28N2O3/c1-3-4-5-8-23-17-9-13(2)6-7-14(17)11-20-18(22)16-10-15(21)12-19-16/h6-7,9,15-16,19,21H,3-5,8,10-12H2,1-2H3,(H,20,22). The number of aliphatic hydroxyl groups excluding tert-OH is 1. The fraction of sp³-hybridized carbons (Fsp3) is 0.611. The van der Waals surface area contributed by atoms with Crippen LogP contribution in [0.1, 0.15) is 43.7 Å². The van der Waals surface area contributed by atoms with E-state index in [0.717, 1.165) is 29.7 Å². The van der Waals surface area contributed by atoms with Crippen molar-refractivity contribution in [2.45, 2.75) is 58.2 Å². The summed E-state index contributed by atoms with van der Waals surface area (Å²) in [6, 6.07) is 5.74. The molecule has 2 atom stereocenters. The Hall–Kier alpha value is -1.59. The first-order valence-corrected chi connectivity index (χ1v) is 8.51. The van der Waals surface area contributed by atoms with Gasteiger partial charge in [0.05, 0.1) is 18.8 Å². The number of rotatable bonds is 8. The summed E-state index contributed by atoms with van der Waals surface area (Å²) in [5.74, 6) is 0.778. The number of unbranched alkanes of at least 4 members (excludes halogenated alkanes) is 2. The Morgan fingerprint density at radius 3 is 2.96 bits per heavy atom. The fourth-order valence-electron chi connectivity index (χ4n) is 2.70. The van der Waals surface area contributed by atoms with Crippen LogP contribution < -0.4 is 15.4 Å². The van der Waals surface area contributed by atoms with E-state index in [4.69, 9.17) is 4.74 Å². The lowest BCUT2D eigenvalue weighted by molar-refractivity contribution is -0.123. The van der Waals surface area contributed by atoms with E-state index in [1.165, 1.54) is 6.42 Å². The van der Waals surface area contributed by atoms with Crippen LogP contribution in [-0.2, 0) is 11.3 Å². The van der Waals surface area contributed by atoms with Gasteiger partial charge in [0.15, 0.2) is 0 Å². The van der Waals surface area contributed by atoms with E-state index in [1.807, 2.05) is 25.1 Å². The summed E-state index contributed by atoms with van der Waals surface area (Å²) in [5, 5.41) is 15.4. The van der Waals surface area contributed by atoms with Crippen molar-refractivity contribution in [1.29, 1.82) is 0 Å². The zero-order chi connectivity index (χ0) is 16.7. The number of aryl methyl sites for hydroxylation is 1. The molecule has 0 saturated carbocycles. The zero-order valence-corrected chi connectivity index (χ0v) is 14.1. The number of hydrogen-bond acceptors (Lipinski definition) is 4. The van der Waals surface area contributed by atoms with Crippen molar-refractivity contribution < 1.29 is 14.6 Å². The summed E-state index contributed by atoms with van der Waals surface area (Å²) in [5.41, 5.74) is 2.13. The highest BCUT2D eigenvalue weighted by molar-refractivity contribution is 5.82. The maximum absolute atomic E-state index is 12.1. The quantitative estimate of drug-likeness (QED) is 0.640. The van der Waals surface area contributed by atoms with Crippen LogP contribution >= 0.6 is 0 Å². The number of β-amino-alcohol motifs (C(OH)–C–C–N with tert-alkyl or cyclic N) is 1. The Labute approximate surface area is 138 Å². The smallest absolute Gasteiger partial charge is 0.237 e. The van der Waals surface area contributed by atoms with Gasteiger partial charge in [-0.25, -0.2) is 0 Å². The van der Waals surface area contributed by atoms with Crippen LogP contribution in [0.2, 0.25) is 0 Å². The number of carbonyl (C=O) groups excluding carboxylic acids is 1. The summed E-state index contributed by atoms with van der Waals surface area (Å²) in [4.78, 5) is 12.1. The van der Waals surface area contributed by atoms with Crippen molar-refractivity contribution >= 4 is 5.91 Å². The van der Waals surface area contributed by atoms with Crippen molar-refractivity contribution in [2.24, 2.45) is 0 Å². The molecule has 1 saturated heterocycles. The Morgan fingerprint density at radius 1 is 1.43 bits per heavy atom.